The molecule has 0 saturated carbocycles. The molecule has 0 aromatic rings. The Morgan fingerprint density at radius 1 is 0.432 bits per heavy atom. The summed E-state index contributed by atoms with van der Waals surface area (Å²) in [7, 11) is 4.24. The van der Waals surface area contributed by atoms with Crippen molar-refractivity contribution in [3.05, 3.63) is 0 Å². The lowest BCUT2D eigenvalue weighted by Gasteiger charge is -2.40. The Kier molecular flexibility index (Phi) is 61.4. The predicted octanol–water partition coefficient (Wildman–Crippen LogP) is 16.0. The largest absolute Gasteiger partial charge is 0.379 e. The number of unbranched alkanes of at least 4 members (excludes halogenated alkanes) is 1. The number of rotatable bonds is 29. The summed E-state index contributed by atoms with van der Waals surface area (Å²) in [6, 6.07) is 0. The van der Waals surface area contributed by atoms with Crippen LogP contribution in [-0.4, -0.2) is 214 Å². The van der Waals surface area contributed by atoms with Crippen LogP contribution in [0.25, 0.3) is 0 Å². The first-order valence-corrected chi connectivity index (χ1v) is 38.5. The Labute approximate surface area is 555 Å². The zero-order chi connectivity index (χ0) is 66.4. The van der Waals surface area contributed by atoms with Gasteiger partial charge in [-0.2, -0.15) is 0 Å². The molecule has 6 rings (SSSR count). The molecule has 0 amide bonds. The normalized spacial score (nSPS) is 19.2. The van der Waals surface area contributed by atoms with Crippen LogP contribution < -0.4 is 21.3 Å². The molecule has 4 N–H and O–H groups in total. The molecule has 88 heavy (non-hydrogen) atoms. The minimum atomic E-state index is 0.530. The topological polar surface area (TPSA) is 76.8 Å². The van der Waals surface area contributed by atoms with Gasteiger partial charge in [0.1, 0.15) is 0 Å². The second kappa shape index (κ2) is 60.2. The van der Waals surface area contributed by atoms with Gasteiger partial charge in [0.05, 0.1) is 13.2 Å². The maximum Gasteiger partial charge on any atom is 0.0594 e. The number of nitrogens with zero attached hydrogens (tertiary/aromatic N) is 6. The van der Waals surface area contributed by atoms with E-state index < -0.39 is 0 Å². The number of nitrogens with one attached hydrogen (secondary N) is 4. The summed E-state index contributed by atoms with van der Waals surface area (Å²) in [5.74, 6) is 8.69. The van der Waals surface area contributed by atoms with E-state index in [1.165, 1.54) is 253 Å². The van der Waals surface area contributed by atoms with E-state index in [9.17, 15) is 0 Å². The lowest BCUT2D eigenvalue weighted by molar-refractivity contribution is 0.0360. The molecule has 1 atom stereocenters. The van der Waals surface area contributed by atoms with Gasteiger partial charge in [-0.25, -0.2) is 0 Å². The van der Waals surface area contributed by atoms with E-state index in [-0.39, 0.29) is 0 Å². The van der Waals surface area contributed by atoms with Crippen molar-refractivity contribution < 1.29 is 4.74 Å². The van der Waals surface area contributed by atoms with Crippen LogP contribution in [0.1, 0.15) is 254 Å². The summed E-state index contributed by atoms with van der Waals surface area (Å²) in [6.07, 6.45) is 24.8. The molecule has 6 saturated heterocycles. The minimum absolute atomic E-state index is 0.530. The standard InChI is InChI=1S/C11H23N.C10H22N2.C10H21N.C10H23N.C9H20N2.C9H19NO.C9H19N.C9H21N/c1-9(2)11(3,4)10-5-7-12-8-6-10;1-10(2)4-5-12-8-6-11(3)7-9-12;1-10(2)6-9-11-7-4-3-5-8-11;1-5-10(6-7-11-4)8-9(2)3;1-9(2)3-6-11-7-4-10-5-8-11;1-9(2)3-4-10-5-7-11-8-6-10;1-9(2)5-8-10-6-3-4-7-10;1-4-10-8-6-5-7-9(2)3/h9-10,12H,5-8H2,1-4H3;10H,4-9H2,1-3H3;10H,3-9H2,1-2H3;9-11H,5-8H2,1-4H3;9-10H,3-8H2,1-2H3;9H,3-8H2,1-2H3;9H,3-8H2,1-2H3;9-10H,4-8H2,1-3H3. The zero-order valence-corrected chi connectivity index (χ0v) is 64.5. The van der Waals surface area contributed by atoms with E-state index in [0.717, 1.165) is 92.0 Å². The van der Waals surface area contributed by atoms with Crippen molar-refractivity contribution in [1.29, 1.82) is 0 Å². The Morgan fingerprint density at radius 2 is 0.818 bits per heavy atom. The molecule has 11 nitrogen and oxygen atoms in total. The third-order valence-electron chi connectivity index (χ3n) is 19.4. The van der Waals surface area contributed by atoms with Gasteiger partial charge in [0, 0.05) is 65.4 Å². The number of hydrogen-bond acceptors (Lipinski definition) is 11. The van der Waals surface area contributed by atoms with Gasteiger partial charge in [-0.1, -0.05) is 164 Å². The van der Waals surface area contributed by atoms with Gasteiger partial charge < -0.3 is 50.5 Å². The summed E-state index contributed by atoms with van der Waals surface area (Å²) < 4.78 is 5.26. The zero-order valence-electron chi connectivity index (χ0n) is 64.5. The SMILES string of the molecule is CC(C)C(C)(C)C1CCNCC1.CC(C)CCN1CCCC1.CC(C)CCN1CCCCC1.CC(C)CCN1CCN(C)CC1.CC(C)CCN1CCNCC1.CC(C)CCN1CCOCC1.CCC(CCNC)CC(C)C.CCNCCCCC(C)C. The predicted molar refractivity (Wildman–Crippen MR) is 397 cm³/mol. The summed E-state index contributed by atoms with van der Waals surface area (Å²) in [5, 5.41) is 13.3. The molecule has 532 valence electrons. The number of morpholine rings is 1. The molecule has 0 spiro atoms. The molecule has 6 heterocycles. The van der Waals surface area contributed by atoms with Crippen molar-refractivity contribution in [1.82, 2.24) is 50.7 Å². The fraction of sp³-hybridized carbons (Fsp3) is 1.00. The van der Waals surface area contributed by atoms with Crippen LogP contribution in [0.5, 0.6) is 0 Å². The molecular formula is C77H168N10O. The fourth-order valence-electron chi connectivity index (χ4n) is 11.7. The molecule has 6 aliphatic rings. The van der Waals surface area contributed by atoms with Gasteiger partial charge >= 0.3 is 0 Å². The van der Waals surface area contributed by atoms with E-state index in [0.29, 0.717) is 5.41 Å². The van der Waals surface area contributed by atoms with Crippen LogP contribution in [-0.2, 0) is 4.74 Å². The first kappa shape index (κ1) is 89.6. The number of ether oxygens (including phenoxy) is 1. The van der Waals surface area contributed by atoms with Crippen LogP contribution >= 0.6 is 0 Å². The van der Waals surface area contributed by atoms with Gasteiger partial charge in [0.15, 0.2) is 0 Å². The van der Waals surface area contributed by atoms with Gasteiger partial charge in [-0.3, -0.25) is 4.90 Å². The fourth-order valence-corrected chi connectivity index (χ4v) is 11.7. The van der Waals surface area contributed by atoms with Crippen molar-refractivity contribution >= 4 is 0 Å². The van der Waals surface area contributed by atoms with Crippen LogP contribution in [0.3, 0.4) is 0 Å². The van der Waals surface area contributed by atoms with Gasteiger partial charge in [-0.15, -0.1) is 0 Å². The first-order valence-electron chi connectivity index (χ1n) is 38.5. The maximum atomic E-state index is 5.26. The molecule has 0 bridgehead atoms. The van der Waals surface area contributed by atoms with Gasteiger partial charge in [0.25, 0.3) is 0 Å². The van der Waals surface area contributed by atoms with Crippen molar-refractivity contribution in [2.75, 3.05) is 184 Å². The summed E-state index contributed by atoms with van der Waals surface area (Å²) >= 11 is 0. The monoisotopic (exact) mass is 1250 g/mol. The lowest BCUT2D eigenvalue weighted by atomic mass is 9.67. The maximum absolute atomic E-state index is 5.26. The number of hydrogen-bond donors (Lipinski definition) is 4. The number of likely N-dealkylation sites (tertiary alicyclic amines) is 2. The minimum Gasteiger partial charge on any atom is -0.379 e. The van der Waals surface area contributed by atoms with Crippen LogP contribution in [0, 0.1) is 64.6 Å². The number of likely N-dealkylation sites (N-methyl/N-ethyl adjacent to an activating group) is 1. The Morgan fingerprint density at radius 3 is 1.19 bits per heavy atom. The Balaban J connectivity index is 0. The van der Waals surface area contributed by atoms with Crippen LogP contribution in [0.4, 0.5) is 0 Å². The second-order valence-electron chi connectivity index (χ2n) is 31.6. The second-order valence-corrected chi connectivity index (χ2v) is 31.6. The third-order valence-corrected chi connectivity index (χ3v) is 19.4. The number of piperazine rings is 2. The van der Waals surface area contributed by atoms with Crippen LogP contribution in [0.15, 0.2) is 0 Å². The molecule has 0 aromatic heterocycles. The molecule has 0 radical (unpaired) electrons. The summed E-state index contributed by atoms with van der Waals surface area (Å²) in [4.78, 5) is 15.2. The highest BCUT2D eigenvalue weighted by Gasteiger charge is 2.33. The van der Waals surface area contributed by atoms with Crippen molar-refractivity contribution in [3.8, 4) is 0 Å². The molecule has 0 aliphatic carbocycles. The smallest absolute Gasteiger partial charge is 0.0594 e. The molecular weight excluding hydrogens is 1080 g/mol. The molecule has 6 fully saturated rings. The van der Waals surface area contributed by atoms with Gasteiger partial charge in [-0.05, 0) is 260 Å². The molecule has 1 unspecified atom stereocenters. The highest BCUT2D eigenvalue weighted by Crippen LogP contribution is 2.39. The Bertz CT molecular complexity index is 1310. The van der Waals surface area contributed by atoms with Crippen LogP contribution in [0.2, 0.25) is 0 Å². The lowest BCUT2D eigenvalue weighted by Crippen LogP contribution is -2.44. The average Bonchev–Trinajstić information content (AvgIpc) is 4.20. The van der Waals surface area contributed by atoms with E-state index >= 15 is 0 Å². The third kappa shape index (κ3) is 58.2. The molecule has 0 aromatic carbocycles. The first-order chi connectivity index (χ1) is 41.9. The highest BCUT2D eigenvalue weighted by atomic mass is 16.5. The summed E-state index contributed by atoms with van der Waals surface area (Å²) in [6.45, 7) is 78.0. The van der Waals surface area contributed by atoms with Crippen molar-refractivity contribution in [3.63, 3.8) is 0 Å². The highest BCUT2D eigenvalue weighted by molar-refractivity contribution is 4.84. The number of piperidine rings is 2. The Hall–Kier alpha value is -0.440. The van der Waals surface area contributed by atoms with Crippen molar-refractivity contribution in [2.45, 2.75) is 254 Å². The van der Waals surface area contributed by atoms with Gasteiger partial charge in [0.2, 0.25) is 0 Å². The van der Waals surface area contributed by atoms with E-state index in [1.54, 1.807) is 0 Å². The van der Waals surface area contributed by atoms with E-state index in [4.69, 9.17) is 4.74 Å². The molecule has 6 aliphatic heterocycles. The van der Waals surface area contributed by atoms with Crippen molar-refractivity contribution in [2.24, 2.45) is 64.6 Å². The quantitative estimate of drug-likeness (QED) is 0.0541. The molecule has 11 heteroatoms. The van der Waals surface area contributed by atoms with E-state index in [2.05, 4.69) is 196 Å². The van der Waals surface area contributed by atoms with E-state index in [1.807, 2.05) is 7.05 Å². The average molecular weight is 1250 g/mol. The summed E-state index contributed by atoms with van der Waals surface area (Å²) in [5.41, 5.74) is 0.530.